The predicted molar refractivity (Wildman–Crippen MR) is 107 cm³/mol. The molecule has 0 amide bonds. The van der Waals surface area contributed by atoms with Crippen molar-refractivity contribution in [2.24, 2.45) is 4.99 Å². The van der Waals surface area contributed by atoms with Crippen LogP contribution in [0.3, 0.4) is 0 Å². The van der Waals surface area contributed by atoms with Gasteiger partial charge in [-0.05, 0) is 32.8 Å². The van der Waals surface area contributed by atoms with E-state index < -0.39 is 0 Å². The van der Waals surface area contributed by atoms with Gasteiger partial charge in [-0.2, -0.15) is 0 Å². The summed E-state index contributed by atoms with van der Waals surface area (Å²) < 4.78 is 8.41. The zero-order valence-corrected chi connectivity index (χ0v) is 16.5. The molecular formula is C21H29N5O. The summed E-state index contributed by atoms with van der Waals surface area (Å²) in [5.74, 6) is 2.95. The average Bonchev–Trinajstić information content (AvgIpc) is 3.07. The third-order valence-corrected chi connectivity index (χ3v) is 5.31. The summed E-state index contributed by atoms with van der Waals surface area (Å²) in [4.78, 5) is 9.18. The van der Waals surface area contributed by atoms with Crippen LogP contribution in [0.1, 0.15) is 56.2 Å². The Morgan fingerprint density at radius 3 is 3.00 bits per heavy atom. The minimum Gasteiger partial charge on any atom is -0.487 e. The van der Waals surface area contributed by atoms with Crippen molar-refractivity contribution in [2.75, 3.05) is 7.05 Å². The van der Waals surface area contributed by atoms with Crippen LogP contribution >= 0.6 is 0 Å². The summed E-state index contributed by atoms with van der Waals surface area (Å²) in [7, 11) is 1.81. The fraction of sp³-hybridized carbons (Fsp3) is 0.524. The first-order valence-corrected chi connectivity index (χ1v) is 9.84. The fourth-order valence-electron chi connectivity index (χ4n) is 4.02. The van der Waals surface area contributed by atoms with Crippen LogP contribution in [0.15, 0.2) is 35.5 Å². The van der Waals surface area contributed by atoms with E-state index in [-0.39, 0.29) is 11.6 Å². The Kier molecular flexibility index (Phi) is 4.81. The summed E-state index contributed by atoms with van der Waals surface area (Å²) in [6.45, 7) is 6.02. The lowest BCUT2D eigenvalue weighted by Crippen LogP contribution is -2.45. The molecule has 2 aromatic rings. The number of hydrogen-bond acceptors (Lipinski definition) is 3. The third kappa shape index (κ3) is 3.94. The van der Waals surface area contributed by atoms with Crippen molar-refractivity contribution in [3.8, 4) is 5.75 Å². The van der Waals surface area contributed by atoms with Crippen molar-refractivity contribution in [3.63, 3.8) is 0 Å². The van der Waals surface area contributed by atoms with Crippen LogP contribution < -0.4 is 15.4 Å². The van der Waals surface area contributed by atoms with Crippen LogP contribution in [-0.2, 0) is 19.5 Å². The van der Waals surface area contributed by atoms with Crippen LogP contribution in [0.25, 0.3) is 0 Å². The van der Waals surface area contributed by atoms with Gasteiger partial charge in [-0.25, -0.2) is 4.98 Å². The van der Waals surface area contributed by atoms with E-state index in [0.717, 1.165) is 36.8 Å². The Morgan fingerprint density at radius 2 is 2.19 bits per heavy atom. The number of fused-ring (bicyclic) bond motifs is 2. The van der Waals surface area contributed by atoms with Crippen LogP contribution in [0.4, 0.5) is 0 Å². The second-order valence-electron chi connectivity index (χ2n) is 8.03. The van der Waals surface area contributed by atoms with Gasteiger partial charge in [0.05, 0.1) is 18.3 Å². The number of benzene rings is 1. The number of nitrogens with one attached hydrogen (secondary N) is 2. The molecule has 144 valence electrons. The van der Waals surface area contributed by atoms with Gasteiger partial charge in [0, 0.05) is 38.2 Å². The molecule has 0 bridgehead atoms. The monoisotopic (exact) mass is 367 g/mol. The van der Waals surface area contributed by atoms with Gasteiger partial charge < -0.3 is 19.9 Å². The minimum atomic E-state index is -0.214. The normalized spacial score (nSPS) is 21.0. The van der Waals surface area contributed by atoms with E-state index in [0.29, 0.717) is 6.54 Å². The van der Waals surface area contributed by atoms with Gasteiger partial charge >= 0.3 is 0 Å². The highest BCUT2D eigenvalue weighted by molar-refractivity contribution is 5.80. The Morgan fingerprint density at radius 1 is 1.33 bits per heavy atom. The molecule has 2 N–H and O–H groups in total. The number of para-hydroxylation sites is 1. The molecule has 1 unspecified atom stereocenters. The van der Waals surface area contributed by atoms with Crippen LogP contribution in [0.2, 0.25) is 0 Å². The Labute approximate surface area is 161 Å². The molecule has 6 nitrogen and oxygen atoms in total. The molecule has 0 spiro atoms. The molecular weight excluding hydrogens is 338 g/mol. The largest absolute Gasteiger partial charge is 0.487 e. The van der Waals surface area contributed by atoms with Crippen molar-refractivity contribution in [3.05, 3.63) is 47.5 Å². The maximum absolute atomic E-state index is 6.13. The second-order valence-corrected chi connectivity index (χ2v) is 8.03. The van der Waals surface area contributed by atoms with Gasteiger partial charge in [-0.15, -0.1) is 0 Å². The maximum Gasteiger partial charge on any atom is 0.191 e. The Bertz CT molecular complexity index is 815. The summed E-state index contributed by atoms with van der Waals surface area (Å²) in [6, 6.07) is 8.40. The lowest BCUT2D eigenvalue weighted by Gasteiger charge is -2.38. The lowest BCUT2D eigenvalue weighted by molar-refractivity contribution is 0.0694. The quantitative estimate of drug-likeness (QED) is 0.646. The van der Waals surface area contributed by atoms with E-state index in [2.05, 4.69) is 52.4 Å². The zero-order valence-electron chi connectivity index (χ0n) is 16.5. The van der Waals surface area contributed by atoms with Crippen molar-refractivity contribution in [2.45, 2.75) is 64.3 Å². The van der Waals surface area contributed by atoms with E-state index >= 15 is 0 Å². The van der Waals surface area contributed by atoms with Crippen molar-refractivity contribution in [1.29, 1.82) is 0 Å². The third-order valence-electron chi connectivity index (χ3n) is 5.31. The Hall–Kier alpha value is -2.50. The van der Waals surface area contributed by atoms with Gasteiger partial charge in [0.25, 0.3) is 0 Å². The SMILES string of the molecule is CN=C(NCc1cn2c(n1)CCCC2)NC1CC(C)(C)Oc2ccccc21. The maximum atomic E-state index is 6.13. The highest BCUT2D eigenvalue weighted by Gasteiger charge is 2.33. The molecule has 0 radical (unpaired) electrons. The number of aromatic nitrogens is 2. The molecule has 1 atom stereocenters. The van der Waals surface area contributed by atoms with E-state index in [9.17, 15) is 0 Å². The summed E-state index contributed by atoms with van der Waals surface area (Å²) in [5, 5.41) is 7.00. The molecule has 4 rings (SSSR count). The smallest absolute Gasteiger partial charge is 0.191 e. The van der Waals surface area contributed by atoms with Gasteiger partial charge in [0.1, 0.15) is 17.2 Å². The number of guanidine groups is 1. The first kappa shape index (κ1) is 17.9. The van der Waals surface area contributed by atoms with Crippen molar-refractivity contribution >= 4 is 5.96 Å². The first-order chi connectivity index (χ1) is 13.0. The van der Waals surface area contributed by atoms with Crippen molar-refractivity contribution < 1.29 is 4.74 Å². The highest BCUT2D eigenvalue weighted by atomic mass is 16.5. The number of nitrogens with zero attached hydrogens (tertiary/aromatic N) is 3. The van der Waals surface area contributed by atoms with Gasteiger partial charge in [-0.3, -0.25) is 4.99 Å². The fourth-order valence-corrected chi connectivity index (χ4v) is 4.02. The number of ether oxygens (including phenoxy) is 1. The minimum absolute atomic E-state index is 0.159. The summed E-state index contributed by atoms with van der Waals surface area (Å²) in [6.07, 6.45) is 6.62. The van der Waals surface area contributed by atoms with E-state index in [1.54, 1.807) is 0 Å². The molecule has 0 fully saturated rings. The number of imidazole rings is 1. The van der Waals surface area contributed by atoms with Gasteiger partial charge in [0.2, 0.25) is 0 Å². The van der Waals surface area contributed by atoms with Crippen LogP contribution in [-0.4, -0.2) is 28.2 Å². The van der Waals surface area contributed by atoms with E-state index in [1.807, 2.05) is 19.2 Å². The summed E-state index contributed by atoms with van der Waals surface area (Å²) in [5.41, 5.74) is 2.04. The molecule has 2 aliphatic heterocycles. The highest BCUT2D eigenvalue weighted by Crippen LogP contribution is 2.39. The van der Waals surface area contributed by atoms with Gasteiger partial charge in [0.15, 0.2) is 5.96 Å². The average molecular weight is 367 g/mol. The van der Waals surface area contributed by atoms with Crippen LogP contribution in [0.5, 0.6) is 5.75 Å². The number of aliphatic imine (C=N–C) groups is 1. The zero-order chi connectivity index (χ0) is 18.9. The molecule has 0 saturated carbocycles. The predicted octanol–water partition coefficient (Wildman–Crippen LogP) is 3.19. The lowest BCUT2D eigenvalue weighted by atomic mass is 9.90. The molecule has 3 heterocycles. The summed E-state index contributed by atoms with van der Waals surface area (Å²) >= 11 is 0. The Balaban J connectivity index is 1.44. The molecule has 0 saturated heterocycles. The number of aryl methyl sites for hydroxylation is 2. The molecule has 0 aliphatic carbocycles. The standard InChI is InChI=1S/C21H29N5O/c1-21(2)12-17(16-8-4-5-9-18(16)27-21)25-20(22-3)23-13-15-14-26-11-7-6-10-19(26)24-15/h4-5,8-9,14,17H,6-7,10-13H2,1-3H3,(H2,22,23,25). The first-order valence-electron chi connectivity index (χ1n) is 9.84. The molecule has 1 aromatic heterocycles. The molecule has 2 aliphatic rings. The topological polar surface area (TPSA) is 63.5 Å². The van der Waals surface area contributed by atoms with Crippen LogP contribution in [0, 0.1) is 0 Å². The van der Waals surface area contributed by atoms with Crippen molar-refractivity contribution in [1.82, 2.24) is 20.2 Å². The van der Waals surface area contributed by atoms with E-state index in [4.69, 9.17) is 9.72 Å². The molecule has 6 heteroatoms. The molecule has 1 aromatic carbocycles. The second kappa shape index (κ2) is 7.25. The van der Waals surface area contributed by atoms with E-state index in [1.165, 1.54) is 24.2 Å². The number of rotatable bonds is 3. The number of hydrogen-bond donors (Lipinski definition) is 2. The molecule has 27 heavy (non-hydrogen) atoms. The van der Waals surface area contributed by atoms with Gasteiger partial charge in [-0.1, -0.05) is 18.2 Å².